The van der Waals surface area contributed by atoms with E-state index in [-0.39, 0.29) is 41.2 Å². The van der Waals surface area contributed by atoms with E-state index in [1.54, 1.807) is 18.2 Å². The van der Waals surface area contributed by atoms with Gasteiger partial charge in [-0.1, -0.05) is 12.1 Å². The summed E-state index contributed by atoms with van der Waals surface area (Å²) in [7, 11) is 0. The number of nitrogens with zero attached hydrogens (tertiary/aromatic N) is 3. The number of nitrogens with one attached hydrogen (secondary N) is 4. The highest BCUT2D eigenvalue weighted by molar-refractivity contribution is 6.04. The van der Waals surface area contributed by atoms with Crippen molar-refractivity contribution in [1.82, 2.24) is 20.6 Å². The summed E-state index contributed by atoms with van der Waals surface area (Å²) < 4.78 is 72.6. The third kappa shape index (κ3) is 4.87. The zero-order valence-electron chi connectivity index (χ0n) is 20.1. The first kappa shape index (κ1) is 25.1. The zero-order chi connectivity index (χ0) is 27.3. The Morgan fingerprint density at radius 3 is 2.69 bits per heavy atom. The normalized spacial score (nSPS) is 19.8. The van der Waals surface area contributed by atoms with Crippen LogP contribution in [0.2, 0.25) is 0 Å². The number of hydrogen-bond acceptors (Lipinski definition) is 8. The molecule has 0 aliphatic carbocycles. The summed E-state index contributed by atoms with van der Waals surface area (Å²) in [5.41, 5.74) is 0.554. The molecule has 4 N–H and O–H groups in total. The number of hydrogen-bond donors (Lipinski definition) is 4. The molecule has 3 aliphatic rings. The maximum Gasteiger partial charge on any atom is 0.421 e. The van der Waals surface area contributed by atoms with E-state index >= 15 is 0 Å². The minimum absolute atomic E-state index is 0.0484. The van der Waals surface area contributed by atoms with Crippen LogP contribution in [0.15, 0.2) is 42.6 Å². The summed E-state index contributed by atoms with van der Waals surface area (Å²) in [4.78, 5) is 22.1. The molecule has 3 aromatic rings. The summed E-state index contributed by atoms with van der Waals surface area (Å²) in [6.07, 6.45) is -3.28. The fourth-order valence-electron chi connectivity index (χ4n) is 5.24. The number of ether oxygens (including phenoxy) is 1. The molecule has 2 unspecified atom stereocenters. The van der Waals surface area contributed by atoms with Gasteiger partial charge in [0.05, 0.1) is 16.9 Å². The molecule has 204 valence electrons. The molecule has 2 saturated heterocycles. The molecule has 2 fully saturated rings. The Hall–Kier alpha value is -4.20. The molecular formula is C25H22F5N7O2. The molecule has 39 heavy (non-hydrogen) atoms. The van der Waals surface area contributed by atoms with Crippen LogP contribution in [0.1, 0.15) is 27.9 Å². The van der Waals surface area contributed by atoms with Gasteiger partial charge in [-0.3, -0.25) is 4.79 Å². The molecule has 0 radical (unpaired) electrons. The van der Waals surface area contributed by atoms with Gasteiger partial charge in [0.1, 0.15) is 11.4 Å². The minimum Gasteiger partial charge on any atom is -0.433 e. The number of carbonyl (C=O) groups excluding carboxylic acids is 1. The van der Waals surface area contributed by atoms with Gasteiger partial charge in [-0.05, 0) is 30.2 Å². The lowest BCUT2D eigenvalue weighted by atomic mass is 10.1. The molecule has 0 spiro atoms. The van der Waals surface area contributed by atoms with Gasteiger partial charge in [0, 0.05) is 49.7 Å². The predicted octanol–water partition coefficient (Wildman–Crippen LogP) is 4.38. The highest BCUT2D eigenvalue weighted by atomic mass is 19.4. The summed E-state index contributed by atoms with van der Waals surface area (Å²) in [5, 5.41) is 11.3. The highest BCUT2D eigenvalue weighted by Gasteiger charge is 2.38. The van der Waals surface area contributed by atoms with Crippen molar-refractivity contribution in [2.24, 2.45) is 0 Å². The number of rotatable bonds is 7. The number of amides is 1. The topological polar surface area (TPSA) is 103 Å². The lowest BCUT2D eigenvalue weighted by Gasteiger charge is -2.30. The van der Waals surface area contributed by atoms with Crippen LogP contribution in [-0.4, -0.2) is 47.7 Å². The van der Waals surface area contributed by atoms with Crippen molar-refractivity contribution in [3.8, 4) is 5.75 Å². The summed E-state index contributed by atoms with van der Waals surface area (Å²) in [6, 6.07) is 10.0. The molecule has 1 aromatic heterocycles. The standard InChI is InChI=1S/C25H22F5N7O2/c26-23(27)39-19-7-14(37-11-13-6-15(37)9-31-13)4-5-17(19)35-24-33-10-16(25(28,29)30)21(36-24)34-18-3-1-2-12-8-32-22(38)20(12)18/h1-5,7,10,13,15,23,31H,6,8-9,11H2,(H,32,38)(H2,33,34,35,36). The van der Waals surface area contributed by atoms with Crippen LogP contribution < -0.4 is 30.9 Å². The molecule has 9 nitrogen and oxygen atoms in total. The van der Waals surface area contributed by atoms with Crippen LogP contribution in [0.4, 0.5) is 50.8 Å². The SMILES string of the molecule is O=C1NCc2cccc(Nc3nc(Nc4ccc(N5CC6CC5CN6)cc4OC(F)F)ncc3C(F)(F)F)c21. The monoisotopic (exact) mass is 547 g/mol. The van der Waals surface area contributed by atoms with Gasteiger partial charge in [-0.2, -0.15) is 26.9 Å². The first-order valence-corrected chi connectivity index (χ1v) is 12.1. The maximum absolute atomic E-state index is 13.8. The van der Waals surface area contributed by atoms with Gasteiger partial charge in [0.15, 0.2) is 5.75 Å². The minimum atomic E-state index is -4.81. The Labute approximate surface area is 218 Å². The van der Waals surface area contributed by atoms with E-state index in [0.717, 1.165) is 19.5 Å². The van der Waals surface area contributed by atoms with E-state index in [9.17, 15) is 26.7 Å². The third-order valence-electron chi connectivity index (χ3n) is 6.98. The van der Waals surface area contributed by atoms with Crippen molar-refractivity contribution in [2.45, 2.75) is 37.8 Å². The van der Waals surface area contributed by atoms with E-state index in [0.29, 0.717) is 23.5 Å². The summed E-state index contributed by atoms with van der Waals surface area (Å²) >= 11 is 0. The highest BCUT2D eigenvalue weighted by Crippen LogP contribution is 2.39. The van der Waals surface area contributed by atoms with E-state index < -0.39 is 30.1 Å². The molecule has 2 atom stereocenters. The lowest BCUT2D eigenvalue weighted by Crippen LogP contribution is -2.43. The molecule has 1 amide bonds. The Balaban J connectivity index is 1.33. The number of piperazine rings is 1. The van der Waals surface area contributed by atoms with Gasteiger partial charge in [-0.15, -0.1) is 0 Å². The van der Waals surface area contributed by atoms with Crippen molar-refractivity contribution in [3.05, 3.63) is 59.3 Å². The second kappa shape index (κ2) is 9.52. The Morgan fingerprint density at radius 2 is 1.97 bits per heavy atom. The third-order valence-corrected chi connectivity index (χ3v) is 6.98. The largest absolute Gasteiger partial charge is 0.433 e. The van der Waals surface area contributed by atoms with Crippen LogP contribution in [0.3, 0.4) is 0 Å². The van der Waals surface area contributed by atoms with Crippen LogP contribution in [0.25, 0.3) is 0 Å². The van der Waals surface area contributed by atoms with Gasteiger partial charge < -0.3 is 30.9 Å². The molecular weight excluding hydrogens is 525 g/mol. The van der Waals surface area contributed by atoms with Gasteiger partial charge in [0.25, 0.3) is 5.91 Å². The first-order valence-electron chi connectivity index (χ1n) is 12.1. The maximum atomic E-state index is 13.8. The number of carbonyl (C=O) groups is 1. The first-order chi connectivity index (χ1) is 18.7. The number of fused-ring (bicyclic) bond motifs is 3. The van der Waals surface area contributed by atoms with E-state index in [1.165, 1.54) is 18.2 Å². The van der Waals surface area contributed by atoms with Crippen molar-refractivity contribution >= 4 is 34.7 Å². The van der Waals surface area contributed by atoms with Crippen LogP contribution in [0.5, 0.6) is 5.75 Å². The fourth-order valence-corrected chi connectivity index (χ4v) is 5.24. The number of anilines is 5. The van der Waals surface area contributed by atoms with E-state index in [4.69, 9.17) is 4.74 Å². The quantitative estimate of drug-likeness (QED) is 0.324. The second-order valence-electron chi connectivity index (χ2n) is 9.43. The summed E-state index contributed by atoms with van der Waals surface area (Å²) in [5.74, 6) is -1.53. The molecule has 0 saturated carbocycles. The smallest absolute Gasteiger partial charge is 0.421 e. The molecule has 4 heterocycles. The van der Waals surface area contributed by atoms with Gasteiger partial charge in [-0.25, -0.2) is 4.98 Å². The Bertz CT molecular complexity index is 1430. The molecule has 6 rings (SSSR count). The van der Waals surface area contributed by atoms with Crippen molar-refractivity contribution < 1.29 is 31.5 Å². The Morgan fingerprint density at radius 1 is 1.13 bits per heavy atom. The number of halogens is 5. The van der Waals surface area contributed by atoms with Crippen molar-refractivity contribution in [3.63, 3.8) is 0 Å². The number of alkyl halides is 5. The molecule has 2 bridgehead atoms. The van der Waals surface area contributed by atoms with Gasteiger partial charge in [0.2, 0.25) is 5.95 Å². The van der Waals surface area contributed by atoms with Crippen molar-refractivity contribution in [2.75, 3.05) is 28.6 Å². The zero-order valence-corrected chi connectivity index (χ0v) is 20.1. The van der Waals surface area contributed by atoms with Crippen LogP contribution >= 0.6 is 0 Å². The van der Waals surface area contributed by atoms with E-state index in [2.05, 4.69) is 36.1 Å². The molecule has 14 heteroatoms. The molecule has 2 aromatic carbocycles. The van der Waals surface area contributed by atoms with Gasteiger partial charge >= 0.3 is 12.8 Å². The average Bonchev–Trinajstić information content (AvgIpc) is 3.61. The van der Waals surface area contributed by atoms with Crippen molar-refractivity contribution in [1.29, 1.82) is 0 Å². The molecule has 3 aliphatic heterocycles. The second-order valence-corrected chi connectivity index (χ2v) is 9.43. The Kier molecular flexibility index (Phi) is 6.13. The number of aromatic nitrogens is 2. The van der Waals surface area contributed by atoms with E-state index in [1.807, 2.05) is 0 Å². The summed E-state index contributed by atoms with van der Waals surface area (Å²) in [6.45, 7) is -1.36. The average molecular weight is 547 g/mol. The van der Waals surface area contributed by atoms with Crippen LogP contribution in [-0.2, 0) is 12.7 Å². The predicted molar refractivity (Wildman–Crippen MR) is 132 cm³/mol. The lowest BCUT2D eigenvalue weighted by molar-refractivity contribution is -0.137. The fraction of sp³-hybridized carbons (Fsp3) is 0.320. The number of benzene rings is 2. The van der Waals surface area contributed by atoms with Crippen LogP contribution in [0, 0.1) is 0 Å².